The first-order chi connectivity index (χ1) is 8.81. The molecule has 3 rings (SSSR count). The molecule has 2 atom stereocenters. The smallest absolute Gasteiger partial charge is 0.157 e. The summed E-state index contributed by atoms with van der Waals surface area (Å²) < 4.78 is 1.13. The molecule has 1 saturated heterocycles. The maximum Gasteiger partial charge on any atom is 0.157 e. The van der Waals surface area contributed by atoms with Gasteiger partial charge in [0.05, 0.1) is 6.54 Å². The molecule has 1 aromatic carbocycles. The van der Waals surface area contributed by atoms with E-state index in [0.29, 0.717) is 6.04 Å². The highest BCUT2D eigenvalue weighted by molar-refractivity contribution is 9.10. The van der Waals surface area contributed by atoms with Gasteiger partial charge in [-0.2, -0.15) is 0 Å². The number of hydrogen-bond donors (Lipinski definition) is 1. The van der Waals surface area contributed by atoms with E-state index in [2.05, 4.69) is 39.4 Å². The van der Waals surface area contributed by atoms with E-state index < -0.39 is 0 Å². The Kier molecular flexibility index (Phi) is 3.94. The van der Waals surface area contributed by atoms with Crippen LogP contribution in [-0.4, -0.2) is 17.0 Å². The largest absolute Gasteiger partial charge is 0.362 e. The zero-order chi connectivity index (χ0) is 12.4. The summed E-state index contributed by atoms with van der Waals surface area (Å²) in [5.74, 6) is 2.12. The fraction of sp³-hybridized carbons (Fsp3) is 0.500. The molecule has 96 valence electrons. The number of aliphatic imine (C=N–C) groups is 1. The quantitative estimate of drug-likeness (QED) is 0.894. The lowest BCUT2D eigenvalue weighted by Gasteiger charge is -2.28. The van der Waals surface area contributed by atoms with Crippen LogP contribution < -0.4 is 5.32 Å². The number of halogens is 1. The van der Waals surface area contributed by atoms with Gasteiger partial charge in [0.2, 0.25) is 0 Å². The fourth-order valence-electron chi connectivity index (χ4n) is 2.70. The van der Waals surface area contributed by atoms with Gasteiger partial charge in [-0.05, 0) is 36.5 Å². The van der Waals surface area contributed by atoms with Crippen LogP contribution in [0.4, 0.5) is 0 Å². The summed E-state index contributed by atoms with van der Waals surface area (Å²) in [7, 11) is 0. The van der Waals surface area contributed by atoms with Crippen LogP contribution in [0, 0.1) is 5.92 Å². The van der Waals surface area contributed by atoms with Crippen LogP contribution in [0.5, 0.6) is 0 Å². The Labute approximate surface area is 121 Å². The van der Waals surface area contributed by atoms with Gasteiger partial charge in [0.25, 0.3) is 0 Å². The van der Waals surface area contributed by atoms with Crippen LogP contribution in [0.15, 0.2) is 33.7 Å². The summed E-state index contributed by atoms with van der Waals surface area (Å²) >= 11 is 5.39. The summed E-state index contributed by atoms with van der Waals surface area (Å²) in [6, 6.07) is 9.06. The molecular formula is C14H17BrN2S. The molecule has 0 amide bonds. The first kappa shape index (κ1) is 12.5. The third-order valence-electron chi connectivity index (χ3n) is 3.70. The van der Waals surface area contributed by atoms with Crippen molar-refractivity contribution in [2.24, 2.45) is 10.9 Å². The third kappa shape index (κ3) is 2.91. The Bertz CT molecular complexity index is 461. The molecule has 1 heterocycles. The van der Waals surface area contributed by atoms with Crippen molar-refractivity contribution in [1.29, 1.82) is 0 Å². The van der Waals surface area contributed by atoms with Crippen LogP contribution in [-0.2, 0) is 6.54 Å². The Balaban J connectivity index is 1.63. The molecule has 1 saturated carbocycles. The van der Waals surface area contributed by atoms with Crippen molar-refractivity contribution < 1.29 is 0 Å². The Morgan fingerprint density at radius 3 is 3.22 bits per heavy atom. The van der Waals surface area contributed by atoms with E-state index in [0.717, 1.165) is 22.1 Å². The standard InChI is InChI=1S/C14H17BrN2S/c15-12-5-1-3-10(7-12)8-16-14-17-13-6-2-4-11(13)9-18-14/h1,3,5,7,11,13H,2,4,6,8-9H2,(H,16,17). The molecule has 2 nitrogen and oxygen atoms in total. The number of nitrogens with one attached hydrogen (secondary N) is 1. The summed E-state index contributed by atoms with van der Waals surface area (Å²) in [5, 5.41) is 4.74. The molecule has 0 aromatic heterocycles. The molecule has 2 fully saturated rings. The second-order valence-electron chi connectivity index (χ2n) is 5.00. The number of fused-ring (bicyclic) bond motifs is 1. The van der Waals surface area contributed by atoms with E-state index in [1.54, 1.807) is 0 Å². The normalized spacial score (nSPS) is 29.1. The summed E-state index contributed by atoms with van der Waals surface area (Å²) in [6.07, 6.45) is 4.09. The summed E-state index contributed by atoms with van der Waals surface area (Å²) in [4.78, 5) is 4.70. The van der Waals surface area contributed by atoms with Gasteiger partial charge in [-0.25, -0.2) is 0 Å². The van der Waals surface area contributed by atoms with E-state index in [4.69, 9.17) is 4.99 Å². The molecule has 0 spiro atoms. The van der Waals surface area contributed by atoms with Gasteiger partial charge in [-0.15, -0.1) is 0 Å². The van der Waals surface area contributed by atoms with Crippen LogP contribution >= 0.6 is 27.7 Å². The van der Waals surface area contributed by atoms with E-state index in [-0.39, 0.29) is 0 Å². The molecule has 4 heteroatoms. The van der Waals surface area contributed by atoms with Gasteiger partial charge in [-0.3, -0.25) is 4.99 Å². The van der Waals surface area contributed by atoms with Gasteiger partial charge in [0.15, 0.2) is 5.17 Å². The highest BCUT2D eigenvalue weighted by atomic mass is 79.9. The SMILES string of the molecule is Brc1cccc(CN=C2NC3CCCC3CS2)c1. The summed E-state index contributed by atoms with van der Waals surface area (Å²) in [6.45, 7) is 0.770. The second-order valence-corrected chi connectivity index (χ2v) is 6.93. The first-order valence-electron chi connectivity index (χ1n) is 6.49. The van der Waals surface area contributed by atoms with Crippen LogP contribution in [0.3, 0.4) is 0 Å². The second kappa shape index (κ2) is 5.66. The molecule has 1 aliphatic heterocycles. The lowest BCUT2D eigenvalue weighted by molar-refractivity contribution is 0.489. The molecule has 1 N–H and O–H groups in total. The number of amidine groups is 1. The van der Waals surface area contributed by atoms with Gasteiger partial charge < -0.3 is 5.32 Å². The van der Waals surface area contributed by atoms with E-state index in [1.807, 2.05) is 17.8 Å². The predicted molar refractivity (Wildman–Crippen MR) is 82.0 cm³/mol. The van der Waals surface area contributed by atoms with E-state index in [1.165, 1.54) is 30.6 Å². The highest BCUT2D eigenvalue weighted by Gasteiger charge is 2.31. The number of thioether (sulfide) groups is 1. The summed E-state index contributed by atoms with van der Waals surface area (Å²) in [5.41, 5.74) is 1.26. The lowest BCUT2D eigenvalue weighted by atomic mass is 10.1. The first-order valence-corrected chi connectivity index (χ1v) is 8.27. The molecule has 0 radical (unpaired) electrons. The minimum Gasteiger partial charge on any atom is -0.362 e. The zero-order valence-corrected chi connectivity index (χ0v) is 12.6. The predicted octanol–water partition coefficient (Wildman–Crippen LogP) is 3.81. The number of hydrogen-bond acceptors (Lipinski definition) is 2. The molecule has 1 aliphatic carbocycles. The highest BCUT2D eigenvalue weighted by Crippen LogP contribution is 2.32. The molecule has 1 aromatic rings. The average Bonchev–Trinajstić information content (AvgIpc) is 2.84. The van der Waals surface area contributed by atoms with Crippen molar-refractivity contribution in [3.8, 4) is 0 Å². The lowest BCUT2D eigenvalue weighted by Crippen LogP contribution is -2.41. The van der Waals surface area contributed by atoms with Crippen molar-refractivity contribution in [2.45, 2.75) is 31.8 Å². The van der Waals surface area contributed by atoms with Gasteiger partial charge in [-0.1, -0.05) is 46.2 Å². The molecule has 18 heavy (non-hydrogen) atoms. The zero-order valence-electron chi connectivity index (χ0n) is 10.2. The number of benzene rings is 1. The molecule has 2 aliphatic rings. The van der Waals surface area contributed by atoms with Crippen molar-refractivity contribution in [3.05, 3.63) is 34.3 Å². The van der Waals surface area contributed by atoms with Crippen LogP contribution in [0.1, 0.15) is 24.8 Å². The minimum atomic E-state index is 0.688. The number of rotatable bonds is 2. The van der Waals surface area contributed by atoms with Crippen molar-refractivity contribution in [2.75, 3.05) is 5.75 Å². The topological polar surface area (TPSA) is 24.4 Å². The average molecular weight is 325 g/mol. The maximum atomic E-state index is 4.70. The van der Waals surface area contributed by atoms with Gasteiger partial charge in [0.1, 0.15) is 0 Å². The molecular weight excluding hydrogens is 308 g/mol. The maximum absolute atomic E-state index is 4.70. The Morgan fingerprint density at radius 1 is 1.39 bits per heavy atom. The van der Waals surface area contributed by atoms with Crippen molar-refractivity contribution >= 4 is 32.9 Å². The number of nitrogens with zero attached hydrogens (tertiary/aromatic N) is 1. The fourth-order valence-corrected chi connectivity index (χ4v) is 4.31. The monoisotopic (exact) mass is 324 g/mol. The van der Waals surface area contributed by atoms with Crippen molar-refractivity contribution in [1.82, 2.24) is 5.32 Å². The Hall–Kier alpha value is -0.480. The van der Waals surface area contributed by atoms with Crippen LogP contribution in [0.25, 0.3) is 0 Å². The van der Waals surface area contributed by atoms with Gasteiger partial charge >= 0.3 is 0 Å². The molecule has 0 bridgehead atoms. The van der Waals surface area contributed by atoms with Gasteiger partial charge in [0, 0.05) is 16.3 Å². The third-order valence-corrected chi connectivity index (χ3v) is 5.30. The van der Waals surface area contributed by atoms with Crippen molar-refractivity contribution in [3.63, 3.8) is 0 Å². The van der Waals surface area contributed by atoms with E-state index >= 15 is 0 Å². The Morgan fingerprint density at radius 2 is 2.33 bits per heavy atom. The minimum absolute atomic E-state index is 0.688. The molecule has 2 unspecified atom stereocenters. The van der Waals surface area contributed by atoms with Crippen LogP contribution in [0.2, 0.25) is 0 Å². The van der Waals surface area contributed by atoms with E-state index in [9.17, 15) is 0 Å².